The number of hydrogen-bond donors (Lipinski definition) is 2. The van der Waals surface area contributed by atoms with Crippen molar-refractivity contribution < 1.29 is 13.2 Å². The SMILES string of the molecule is CCOc1cccc(NS(=O)(=O)c2ccccc2N)c1. The van der Waals surface area contributed by atoms with E-state index in [1.807, 2.05) is 6.92 Å². The van der Waals surface area contributed by atoms with Gasteiger partial charge in [0.15, 0.2) is 0 Å². The second-order valence-electron chi connectivity index (χ2n) is 4.10. The molecule has 0 aliphatic carbocycles. The van der Waals surface area contributed by atoms with Gasteiger partial charge in [-0.05, 0) is 31.2 Å². The van der Waals surface area contributed by atoms with Gasteiger partial charge in [-0.3, -0.25) is 4.72 Å². The minimum Gasteiger partial charge on any atom is -0.494 e. The molecule has 0 atom stereocenters. The van der Waals surface area contributed by atoms with Crippen molar-refractivity contribution in [2.24, 2.45) is 0 Å². The first-order valence-electron chi connectivity index (χ1n) is 6.13. The lowest BCUT2D eigenvalue weighted by atomic mass is 10.3. The average Bonchev–Trinajstić information content (AvgIpc) is 2.39. The van der Waals surface area contributed by atoms with Gasteiger partial charge in [0.2, 0.25) is 0 Å². The molecule has 0 aliphatic rings. The van der Waals surface area contributed by atoms with Crippen molar-refractivity contribution in [3.05, 3.63) is 48.5 Å². The first-order chi connectivity index (χ1) is 9.53. The molecule has 6 heteroatoms. The number of para-hydroxylation sites is 1. The van der Waals surface area contributed by atoms with Crippen molar-refractivity contribution in [2.75, 3.05) is 17.1 Å². The summed E-state index contributed by atoms with van der Waals surface area (Å²) < 4.78 is 32.3. The topological polar surface area (TPSA) is 81.4 Å². The lowest BCUT2D eigenvalue weighted by molar-refractivity contribution is 0.340. The van der Waals surface area contributed by atoms with Gasteiger partial charge in [-0.2, -0.15) is 0 Å². The van der Waals surface area contributed by atoms with Gasteiger partial charge in [0.25, 0.3) is 10.0 Å². The second-order valence-corrected chi connectivity index (χ2v) is 5.75. The average molecular weight is 292 g/mol. The van der Waals surface area contributed by atoms with Crippen molar-refractivity contribution >= 4 is 21.4 Å². The smallest absolute Gasteiger partial charge is 0.263 e. The number of hydrogen-bond acceptors (Lipinski definition) is 4. The number of ether oxygens (including phenoxy) is 1. The molecule has 0 unspecified atom stereocenters. The molecule has 0 saturated heterocycles. The van der Waals surface area contributed by atoms with Crippen LogP contribution in [0.2, 0.25) is 0 Å². The maximum absolute atomic E-state index is 12.3. The monoisotopic (exact) mass is 292 g/mol. The number of nitrogens with two attached hydrogens (primary N) is 1. The van der Waals surface area contributed by atoms with E-state index in [1.54, 1.807) is 42.5 Å². The molecule has 20 heavy (non-hydrogen) atoms. The summed E-state index contributed by atoms with van der Waals surface area (Å²) in [4.78, 5) is 0.0572. The van der Waals surface area contributed by atoms with Crippen LogP contribution in [0.5, 0.6) is 5.75 Å². The third kappa shape index (κ3) is 3.21. The Kier molecular flexibility index (Phi) is 4.14. The quantitative estimate of drug-likeness (QED) is 0.829. The summed E-state index contributed by atoms with van der Waals surface area (Å²) in [5, 5.41) is 0. The molecule has 0 radical (unpaired) electrons. The first-order valence-corrected chi connectivity index (χ1v) is 7.61. The Hall–Kier alpha value is -2.21. The molecule has 0 bridgehead atoms. The molecule has 2 aromatic carbocycles. The summed E-state index contributed by atoms with van der Waals surface area (Å²) in [6.07, 6.45) is 0. The third-order valence-electron chi connectivity index (χ3n) is 2.61. The summed E-state index contributed by atoms with van der Waals surface area (Å²) in [7, 11) is -3.71. The van der Waals surface area contributed by atoms with Gasteiger partial charge in [0.05, 0.1) is 18.0 Å². The highest BCUT2D eigenvalue weighted by atomic mass is 32.2. The molecule has 0 heterocycles. The number of anilines is 2. The van der Waals surface area contributed by atoms with Crippen molar-refractivity contribution in [1.82, 2.24) is 0 Å². The fourth-order valence-electron chi connectivity index (χ4n) is 1.75. The van der Waals surface area contributed by atoms with Crippen LogP contribution in [0.1, 0.15) is 6.92 Å². The zero-order chi connectivity index (χ0) is 14.6. The minimum atomic E-state index is -3.71. The van der Waals surface area contributed by atoms with Gasteiger partial charge in [-0.1, -0.05) is 18.2 Å². The maximum Gasteiger partial charge on any atom is 0.263 e. The molecule has 0 aromatic heterocycles. The summed E-state index contributed by atoms with van der Waals surface area (Å²) in [5.74, 6) is 0.605. The number of nitrogen functional groups attached to an aromatic ring is 1. The van der Waals surface area contributed by atoms with Crippen LogP contribution in [-0.2, 0) is 10.0 Å². The lowest BCUT2D eigenvalue weighted by Gasteiger charge is -2.11. The van der Waals surface area contributed by atoms with Crippen LogP contribution in [-0.4, -0.2) is 15.0 Å². The summed E-state index contributed by atoms with van der Waals surface area (Å²) in [6, 6.07) is 13.1. The van der Waals surface area contributed by atoms with Gasteiger partial charge in [-0.15, -0.1) is 0 Å². The Bertz CT molecular complexity index is 699. The van der Waals surface area contributed by atoms with Crippen LogP contribution in [0, 0.1) is 0 Å². The van der Waals surface area contributed by atoms with Gasteiger partial charge >= 0.3 is 0 Å². The Balaban J connectivity index is 2.29. The van der Waals surface area contributed by atoms with E-state index in [2.05, 4.69) is 4.72 Å². The third-order valence-corrected chi connectivity index (χ3v) is 4.06. The van der Waals surface area contributed by atoms with Gasteiger partial charge in [0.1, 0.15) is 10.6 Å². The van der Waals surface area contributed by atoms with E-state index in [9.17, 15) is 8.42 Å². The molecule has 5 nitrogen and oxygen atoms in total. The Morgan fingerprint density at radius 1 is 1.15 bits per heavy atom. The largest absolute Gasteiger partial charge is 0.494 e. The zero-order valence-electron chi connectivity index (χ0n) is 11.0. The highest BCUT2D eigenvalue weighted by Crippen LogP contribution is 2.23. The molecule has 0 saturated carbocycles. The molecule has 0 fully saturated rings. The fourth-order valence-corrected chi connectivity index (χ4v) is 2.93. The van der Waals surface area contributed by atoms with Gasteiger partial charge in [-0.25, -0.2) is 8.42 Å². The van der Waals surface area contributed by atoms with Crippen molar-refractivity contribution in [2.45, 2.75) is 11.8 Å². The predicted octanol–water partition coefficient (Wildman–Crippen LogP) is 2.47. The van der Waals surface area contributed by atoms with E-state index in [0.717, 1.165) is 0 Å². The highest BCUT2D eigenvalue weighted by molar-refractivity contribution is 7.92. The van der Waals surface area contributed by atoms with Crippen LogP contribution in [0.25, 0.3) is 0 Å². The van der Waals surface area contributed by atoms with E-state index in [1.165, 1.54) is 6.07 Å². The molecule has 0 aliphatic heterocycles. The van der Waals surface area contributed by atoms with E-state index >= 15 is 0 Å². The molecule has 3 N–H and O–H groups in total. The summed E-state index contributed by atoms with van der Waals surface area (Å²) >= 11 is 0. The van der Waals surface area contributed by atoms with E-state index < -0.39 is 10.0 Å². The maximum atomic E-state index is 12.3. The van der Waals surface area contributed by atoms with Crippen molar-refractivity contribution in [3.63, 3.8) is 0 Å². The van der Waals surface area contributed by atoms with Crippen molar-refractivity contribution in [3.8, 4) is 5.75 Å². The lowest BCUT2D eigenvalue weighted by Crippen LogP contribution is -2.14. The Labute approximate surface area is 118 Å². The molecule has 2 rings (SSSR count). The van der Waals surface area contributed by atoms with E-state index in [-0.39, 0.29) is 10.6 Å². The van der Waals surface area contributed by atoms with Crippen molar-refractivity contribution in [1.29, 1.82) is 0 Å². The van der Waals surface area contributed by atoms with Crippen LogP contribution < -0.4 is 15.2 Å². The van der Waals surface area contributed by atoms with Crippen LogP contribution in [0.3, 0.4) is 0 Å². The molecular formula is C14H16N2O3S. The Morgan fingerprint density at radius 2 is 1.90 bits per heavy atom. The number of sulfonamides is 1. The summed E-state index contributed by atoms with van der Waals surface area (Å²) in [5.41, 5.74) is 6.33. The van der Waals surface area contributed by atoms with E-state index in [4.69, 9.17) is 10.5 Å². The van der Waals surface area contributed by atoms with Crippen LogP contribution >= 0.6 is 0 Å². The van der Waals surface area contributed by atoms with Gasteiger partial charge < -0.3 is 10.5 Å². The highest BCUT2D eigenvalue weighted by Gasteiger charge is 2.17. The van der Waals surface area contributed by atoms with Gasteiger partial charge in [0, 0.05) is 6.07 Å². The molecule has 106 valence electrons. The molecular weight excluding hydrogens is 276 g/mol. The van der Waals surface area contributed by atoms with E-state index in [0.29, 0.717) is 18.0 Å². The Morgan fingerprint density at radius 3 is 2.60 bits per heavy atom. The first kappa shape index (κ1) is 14.2. The molecule has 0 spiro atoms. The normalized spacial score (nSPS) is 11.1. The standard InChI is InChI=1S/C14H16N2O3S/c1-2-19-12-7-5-6-11(10-12)16-20(17,18)14-9-4-3-8-13(14)15/h3-10,16H,2,15H2,1H3. The predicted molar refractivity (Wildman–Crippen MR) is 79.3 cm³/mol. The zero-order valence-corrected chi connectivity index (χ0v) is 11.9. The van der Waals surface area contributed by atoms with Crippen LogP contribution in [0.15, 0.2) is 53.4 Å². The van der Waals surface area contributed by atoms with Crippen LogP contribution in [0.4, 0.5) is 11.4 Å². The minimum absolute atomic E-state index is 0.0572. The molecule has 2 aromatic rings. The summed E-state index contributed by atoms with van der Waals surface area (Å²) in [6.45, 7) is 2.38. The molecule has 0 amide bonds. The fraction of sp³-hybridized carbons (Fsp3) is 0.143. The number of nitrogens with one attached hydrogen (secondary N) is 1. The number of benzene rings is 2. The number of rotatable bonds is 5. The second kappa shape index (κ2) is 5.83.